The van der Waals surface area contributed by atoms with Crippen molar-refractivity contribution in [2.24, 2.45) is 5.41 Å². The normalized spacial score (nSPS) is 16.9. The third kappa shape index (κ3) is 4.32. The second kappa shape index (κ2) is 7.62. The van der Waals surface area contributed by atoms with Crippen molar-refractivity contribution in [3.8, 4) is 0 Å². The van der Waals surface area contributed by atoms with E-state index in [9.17, 15) is 0 Å². The minimum atomic E-state index is 0.480. The van der Waals surface area contributed by atoms with E-state index in [1.54, 1.807) is 0 Å². The maximum atomic E-state index is 4.62. The molecule has 0 aliphatic heterocycles. The van der Waals surface area contributed by atoms with Crippen molar-refractivity contribution in [1.82, 2.24) is 9.97 Å². The molecule has 2 rings (SSSR count). The lowest BCUT2D eigenvalue weighted by Crippen LogP contribution is -2.26. The summed E-state index contributed by atoms with van der Waals surface area (Å²) in [4.78, 5) is 9.17. The maximum absolute atomic E-state index is 4.62. The average molecular weight is 290 g/mol. The Labute approximate surface area is 129 Å². The molecule has 1 aromatic rings. The molecular formula is C17H30N4. The van der Waals surface area contributed by atoms with Gasteiger partial charge in [0.1, 0.15) is 17.5 Å². The fourth-order valence-corrected chi connectivity index (χ4v) is 3.15. The van der Waals surface area contributed by atoms with E-state index in [-0.39, 0.29) is 0 Å². The summed E-state index contributed by atoms with van der Waals surface area (Å²) in [5, 5.41) is 6.95. The molecule has 1 aromatic heterocycles. The Bertz CT molecular complexity index is 438. The summed E-state index contributed by atoms with van der Waals surface area (Å²) in [6.45, 7) is 8.58. The van der Waals surface area contributed by atoms with E-state index in [0.717, 1.165) is 43.4 Å². The highest BCUT2D eigenvalue weighted by Crippen LogP contribution is 2.40. The zero-order valence-electron chi connectivity index (χ0n) is 13.8. The van der Waals surface area contributed by atoms with E-state index >= 15 is 0 Å². The van der Waals surface area contributed by atoms with Crippen LogP contribution in [0.3, 0.4) is 0 Å². The molecule has 1 saturated carbocycles. The largest absolute Gasteiger partial charge is 0.370 e. The van der Waals surface area contributed by atoms with Crippen LogP contribution in [0.4, 0.5) is 11.6 Å². The molecule has 21 heavy (non-hydrogen) atoms. The first-order chi connectivity index (χ1) is 10.2. The second-order valence-corrected chi connectivity index (χ2v) is 6.25. The molecule has 2 N–H and O–H groups in total. The number of aryl methyl sites for hydroxylation is 1. The Hall–Kier alpha value is -1.32. The number of rotatable bonds is 8. The van der Waals surface area contributed by atoms with Crippen LogP contribution in [0.2, 0.25) is 0 Å². The Morgan fingerprint density at radius 1 is 1.05 bits per heavy atom. The van der Waals surface area contributed by atoms with Crippen molar-refractivity contribution in [3.63, 3.8) is 0 Å². The lowest BCUT2D eigenvalue weighted by Gasteiger charge is -2.28. The van der Waals surface area contributed by atoms with Gasteiger partial charge in [0.25, 0.3) is 0 Å². The van der Waals surface area contributed by atoms with E-state index in [4.69, 9.17) is 0 Å². The summed E-state index contributed by atoms with van der Waals surface area (Å²) in [6.07, 6.45) is 8.69. The number of aromatic nitrogens is 2. The fourth-order valence-electron chi connectivity index (χ4n) is 3.15. The third-order valence-electron chi connectivity index (χ3n) is 4.70. The van der Waals surface area contributed by atoms with Crippen molar-refractivity contribution in [2.75, 3.05) is 23.7 Å². The Balaban J connectivity index is 2.04. The second-order valence-electron chi connectivity index (χ2n) is 6.25. The van der Waals surface area contributed by atoms with Crippen molar-refractivity contribution < 1.29 is 0 Å². The molecule has 0 atom stereocenters. The number of anilines is 2. The monoisotopic (exact) mass is 290 g/mol. The summed E-state index contributed by atoms with van der Waals surface area (Å²) < 4.78 is 0. The van der Waals surface area contributed by atoms with Crippen LogP contribution in [0.25, 0.3) is 0 Å². The van der Waals surface area contributed by atoms with Gasteiger partial charge in [-0.2, -0.15) is 0 Å². The van der Waals surface area contributed by atoms with Crippen molar-refractivity contribution in [2.45, 2.75) is 65.7 Å². The molecule has 1 fully saturated rings. The van der Waals surface area contributed by atoms with Gasteiger partial charge in [-0.25, -0.2) is 9.97 Å². The number of nitrogens with zero attached hydrogens (tertiary/aromatic N) is 2. The number of hydrogen-bond donors (Lipinski definition) is 2. The van der Waals surface area contributed by atoms with Gasteiger partial charge in [0.15, 0.2) is 0 Å². The van der Waals surface area contributed by atoms with Gasteiger partial charge in [0.2, 0.25) is 0 Å². The van der Waals surface area contributed by atoms with Gasteiger partial charge in [-0.3, -0.25) is 0 Å². The number of hydrogen-bond acceptors (Lipinski definition) is 4. The Morgan fingerprint density at radius 2 is 1.71 bits per heavy atom. The van der Waals surface area contributed by atoms with Gasteiger partial charge >= 0.3 is 0 Å². The topological polar surface area (TPSA) is 49.8 Å². The van der Waals surface area contributed by atoms with E-state index < -0.39 is 0 Å². The molecule has 4 heteroatoms. The van der Waals surface area contributed by atoms with E-state index in [2.05, 4.69) is 41.4 Å². The molecule has 118 valence electrons. The average Bonchev–Trinajstić information content (AvgIpc) is 3.00. The zero-order chi connectivity index (χ0) is 15.1. The Kier molecular flexibility index (Phi) is 5.83. The first-order valence-electron chi connectivity index (χ1n) is 8.57. The highest BCUT2D eigenvalue weighted by Gasteiger charge is 2.31. The van der Waals surface area contributed by atoms with Crippen LogP contribution >= 0.6 is 0 Å². The van der Waals surface area contributed by atoms with Gasteiger partial charge in [-0.05, 0) is 31.1 Å². The van der Waals surface area contributed by atoms with Crippen LogP contribution in [0, 0.1) is 5.41 Å². The summed E-state index contributed by atoms with van der Waals surface area (Å²) in [5.74, 6) is 2.83. The molecule has 1 aliphatic carbocycles. The molecule has 0 bridgehead atoms. The molecular weight excluding hydrogens is 260 g/mol. The molecule has 1 heterocycles. The standard InChI is InChI=1S/C17H30N4/c1-4-11-18-15-12-16(21-14(5-2)20-15)19-13-17(6-3)9-7-8-10-17/h12H,4-11,13H2,1-3H3,(H2,18,19,20,21). The van der Waals surface area contributed by atoms with Gasteiger partial charge < -0.3 is 10.6 Å². The van der Waals surface area contributed by atoms with Crippen molar-refractivity contribution >= 4 is 11.6 Å². The molecule has 4 nitrogen and oxygen atoms in total. The van der Waals surface area contributed by atoms with Gasteiger partial charge in [-0.1, -0.05) is 33.6 Å². The lowest BCUT2D eigenvalue weighted by molar-refractivity contribution is 0.306. The van der Waals surface area contributed by atoms with E-state index in [0.29, 0.717) is 5.41 Å². The summed E-state index contributed by atoms with van der Waals surface area (Å²) in [7, 11) is 0. The quantitative estimate of drug-likeness (QED) is 0.751. The van der Waals surface area contributed by atoms with Gasteiger partial charge in [0, 0.05) is 25.6 Å². The summed E-state index contributed by atoms with van der Waals surface area (Å²) in [5.41, 5.74) is 0.480. The van der Waals surface area contributed by atoms with Crippen LogP contribution in [-0.2, 0) is 6.42 Å². The predicted molar refractivity (Wildman–Crippen MR) is 89.9 cm³/mol. The molecule has 0 unspecified atom stereocenters. The van der Waals surface area contributed by atoms with Crippen molar-refractivity contribution in [1.29, 1.82) is 0 Å². The SMILES string of the molecule is CCCNc1cc(NCC2(CC)CCCC2)nc(CC)n1. The van der Waals surface area contributed by atoms with Crippen LogP contribution in [0.5, 0.6) is 0 Å². The Morgan fingerprint density at radius 3 is 2.29 bits per heavy atom. The first-order valence-corrected chi connectivity index (χ1v) is 8.57. The fraction of sp³-hybridized carbons (Fsp3) is 0.765. The van der Waals surface area contributed by atoms with Crippen LogP contribution in [0.15, 0.2) is 6.07 Å². The molecule has 1 aliphatic rings. The van der Waals surface area contributed by atoms with E-state index in [1.165, 1.54) is 32.1 Å². The predicted octanol–water partition coefficient (Wildman–Crippen LogP) is 4.24. The highest BCUT2D eigenvalue weighted by molar-refractivity contribution is 5.47. The third-order valence-corrected chi connectivity index (χ3v) is 4.70. The molecule has 0 spiro atoms. The van der Waals surface area contributed by atoms with Crippen LogP contribution in [0.1, 0.15) is 65.1 Å². The maximum Gasteiger partial charge on any atom is 0.132 e. The molecule has 0 radical (unpaired) electrons. The molecule has 0 amide bonds. The zero-order valence-corrected chi connectivity index (χ0v) is 13.8. The van der Waals surface area contributed by atoms with Gasteiger partial charge in [0.05, 0.1) is 0 Å². The number of nitrogens with one attached hydrogen (secondary N) is 2. The van der Waals surface area contributed by atoms with Crippen LogP contribution in [-0.4, -0.2) is 23.1 Å². The molecule has 0 aromatic carbocycles. The van der Waals surface area contributed by atoms with Crippen LogP contribution < -0.4 is 10.6 Å². The minimum Gasteiger partial charge on any atom is -0.370 e. The summed E-state index contributed by atoms with van der Waals surface area (Å²) in [6, 6.07) is 2.05. The van der Waals surface area contributed by atoms with Crippen molar-refractivity contribution in [3.05, 3.63) is 11.9 Å². The molecule has 0 saturated heterocycles. The lowest BCUT2D eigenvalue weighted by atomic mass is 9.83. The smallest absolute Gasteiger partial charge is 0.132 e. The van der Waals surface area contributed by atoms with E-state index in [1.807, 2.05) is 6.07 Å². The van der Waals surface area contributed by atoms with Gasteiger partial charge in [-0.15, -0.1) is 0 Å². The highest BCUT2D eigenvalue weighted by atomic mass is 15.1. The summed E-state index contributed by atoms with van der Waals surface area (Å²) >= 11 is 0. The first kappa shape index (κ1) is 16.1. The minimum absolute atomic E-state index is 0.480.